The summed E-state index contributed by atoms with van der Waals surface area (Å²) >= 11 is 5.58. The number of para-hydroxylation sites is 1. The molecule has 0 atom stereocenters. The summed E-state index contributed by atoms with van der Waals surface area (Å²) in [5, 5.41) is 0. The third kappa shape index (κ3) is 5.10. The lowest BCUT2D eigenvalue weighted by Crippen LogP contribution is -2.19. The predicted octanol–water partition coefficient (Wildman–Crippen LogP) is 3.52. The Labute approximate surface area is 106 Å². The third-order valence-corrected chi connectivity index (χ3v) is 2.22. The van der Waals surface area contributed by atoms with Gasteiger partial charge in [-0.1, -0.05) is 12.1 Å². The van der Waals surface area contributed by atoms with Gasteiger partial charge in [0.05, 0.1) is 12.5 Å². The molecule has 0 N–H and O–H groups in total. The van der Waals surface area contributed by atoms with Crippen molar-refractivity contribution in [3.63, 3.8) is 0 Å². The second kappa shape index (κ2) is 6.80. The molecule has 0 unspecified atom stereocenters. The van der Waals surface area contributed by atoms with Crippen LogP contribution in [0.1, 0.15) is 5.56 Å². The molecule has 0 heterocycles. The molecular weight excluding hydrogens is 276 g/mol. The van der Waals surface area contributed by atoms with Gasteiger partial charge in [0.15, 0.2) is 11.6 Å². The maximum Gasteiger partial charge on any atom is 0.411 e. The van der Waals surface area contributed by atoms with Gasteiger partial charge in [0.2, 0.25) is 0 Å². The molecule has 7 heteroatoms. The highest BCUT2D eigenvalue weighted by Gasteiger charge is 2.27. The highest BCUT2D eigenvalue weighted by atomic mass is 35.5. The molecule has 0 bridgehead atoms. The van der Waals surface area contributed by atoms with E-state index < -0.39 is 18.6 Å². The van der Waals surface area contributed by atoms with Gasteiger partial charge in [-0.25, -0.2) is 4.39 Å². The van der Waals surface area contributed by atoms with Crippen molar-refractivity contribution in [2.75, 3.05) is 19.8 Å². The summed E-state index contributed by atoms with van der Waals surface area (Å²) < 4.78 is 57.9. The molecule has 0 radical (unpaired) electrons. The lowest BCUT2D eigenvalue weighted by Gasteiger charge is -2.11. The van der Waals surface area contributed by atoms with Crippen LogP contribution in [0.5, 0.6) is 5.75 Å². The van der Waals surface area contributed by atoms with E-state index in [1.54, 1.807) is 6.07 Å². The minimum absolute atomic E-state index is 0.0521. The zero-order valence-electron chi connectivity index (χ0n) is 9.27. The molecule has 1 aromatic carbocycles. The van der Waals surface area contributed by atoms with Crippen LogP contribution in [0, 0.1) is 5.82 Å². The monoisotopic (exact) mass is 286 g/mol. The first kappa shape index (κ1) is 15.0. The van der Waals surface area contributed by atoms with E-state index in [-0.39, 0.29) is 24.8 Å². The van der Waals surface area contributed by atoms with Gasteiger partial charge in [-0.3, -0.25) is 0 Å². The number of rotatable bonds is 6. The lowest BCUT2D eigenvalue weighted by atomic mass is 10.2. The molecule has 0 aliphatic carbocycles. The van der Waals surface area contributed by atoms with Crippen LogP contribution < -0.4 is 4.74 Å². The van der Waals surface area contributed by atoms with Gasteiger partial charge < -0.3 is 9.47 Å². The molecule has 0 aromatic heterocycles. The average Bonchev–Trinajstić information content (AvgIpc) is 2.29. The molecular formula is C11H11ClF4O2. The minimum atomic E-state index is -4.38. The van der Waals surface area contributed by atoms with Crippen molar-refractivity contribution >= 4 is 11.6 Å². The summed E-state index contributed by atoms with van der Waals surface area (Å²) in [6.45, 7) is -1.81. The van der Waals surface area contributed by atoms with E-state index in [2.05, 4.69) is 4.74 Å². The van der Waals surface area contributed by atoms with Crippen LogP contribution in [0.4, 0.5) is 17.6 Å². The Morgan fingerprint density at radius 2 is 1.89 bits per heavy atom. The largest absolute Gasteiger partial charge is 0.488 e. The van der Waals surface area contributed by atoms with Gasteiger partial charge in [-0.2, -0.15) is 13.2 Å². The van der Waals surface area contributed by atoms with Crippen LogP contribution in [-0.2, 0) is 10.6 Å². The summed E-state index contributed by atoms with van der Waals surface area (Å²) in [6, 6.07) is 4.23. The fraction of sp³-hybridized carbons (Fsp3) is 0.455. The number of hydrogen-bond donors (Lipinski definition) is 0. The van der Waals surface area contributed by atoms with Crippen molar-refractivity contribution in [1.29, 1.82) is 0 Å². The van der Waals surface area contributed by atoms with E-state index in [9.17, 15) is 17.6 Å². The standard InChI is InChI=1S/C11H11ClF4O2/c12-6-8-2-1-3-9(13)10(8)18-5-4-17-7-11(14,15)16/h1-3H,4-7H2. The average molecular weight is 287 g/mol. The van der Waals surface area contributed by atoms with E-state index >= 15 is 0 Å². The summed E-state index contributed by atoms with van der Waals surface area (Å²) in [7, 11) is 0. The Balaban J connectivity index is 2.40. The Kier molecular flexibility index (Phi) is 5.68. The van der Waals surface area contributed by atoms with E-state index in [1.165, 1.54) is 12.1 Å². The highest BCUT2D eigenvalue weighted by molar-refractivity contribution is 6.17. The van der Waals surface area contributed by atoms with Gasteiger partial charge in [0.25, 0.3) is 0 Å². The van der Waals surface area contributed by atoms with E-state index in [0.717, 1.165) is 0 Å². The normalized spacial score (nSPS) is 11.6. The zero-order chi connectivity index (χ0) is 13.6. The van der Waals surface area contributed by atoms with Gasteiger partial charge in [0.1, 0.15) is 13.2 Å². The molecule has 0 spiro atoms. The fourth-order valence-corrected chi connectivity index (χ4v) is 1.42. The number of benzene rings is 1. The Morgan fingerprint density at radius 3 is 2.50 bits per heavy atom. The van der Waals surface area contributed by atoms with Gasteiger partial charge >= 0.3 is 6.18 Å². The highest BCUT2D eigenvalue weighted by Crippen LogP contribution is 2.24. The van der Waals surface area contributed by atoms with Crippen LogP contribution >= 0.6 is 11.6 Å². The molecule has 1 rings (SSSR count). The maximum atomic E-state index is 13.3. The molecule has 18 heavy (non-hydrogen) atoms. The summed E-state index contributed by atoms with van der Waals surface area (Å²) in [5.74, 6) is -0.608. The Bertz CT molecular complexity index is 382. The molecule has 0 aliphatic rings. The van der Waals surface area contributed by atoms with Gasteiger partial charge in [-0.15, -0.1) is 11.6 Å². The quantitative estimate of drug-likeness (QED) is 0.452. The molecule has 0 saturated heterocycles. The summed E-state index contributed by atoms with van der Waals surface area (Å²) in [5.41, 5.74) is 0.437. The van der Waals surface area contributed by atoms with Gasteiger partial charge in [0, 0.05) is 5.56 Å². The third-order valence-electron chi connectivity index (χ3n) is 1.93. The first-order valence-electron chi connectivity index (χ1n) is 5.04. The first-order valence-corrected chi connectivity index (χ1v) is 5.58. The summed E-state index contributed by atoms with van der Waals surface area (Å²) in [6.07, 6.45) is -4.38. The van der Waals surface area contributed by atoms with Gasteiger partial charge in [-0.05, 0) is 6.07 Å². The van der Waals surface area contributed by atoms with E-state index in [1.807, 2.05) is 0 Å². The number of alkyl halides is 4. The van der Waals surface area contributed by atoms with E-state index in [0.29, 0.717) is 5.56 Å². The minimum Gasteiger partial charge on any atom is -0.488 e. The summed E-state index contributed by atoms with van der Waals surface area (Å²) in [4.78, 5) is 0. The number of halogens is 5. The molecule has 0 saturated carbocycles. The molecule has 0 amide bonds. The molecule has 102 valence electrons. The van der Waals surface area contributed by atoms with Crippen LogP contribution in [-0.4, -0.2) is 26.0 Å². The van der Waals surface area contributed by atoms with Crippen molar-refractivity contribution in [2.45, 2.75) is 12.1 Å². The van der Waals surface area contributed by atoms with Crippen molar-refractivity contribution in [1.82, 2.24) is 0 Å². The van der Waals surface area contributed by atoms with Crippen molar-refractivity contribution in [3.05, 3.63) is 29.6 Å². The predicted molar refractivity (Wildman–Crippen MR) is 58.3 cm³/mol. The van der Waals surface area contributed by atoms with Crippen molar-refractivity contribution in [2.24, 2.45) is 0 Å². The topological polar surface area (TPSA) is 18.5 Å². The smallest absolute Gasteiger partial charge is 0.411 e. The molecule has 2 nitrogen and oxygen atoms in total. The zero-order valence-corrected chi connectivity index (χ0v) is 10.0. The first-order chi connectivity index (χ1) is 8.44. The second-order valence-electron chi connectivity index (χ2n) is 3.38. The second-order valence-corrected chi connectivity index (χ2v) is 3.65. The van der Waals surface area contributed by atoms with Crippen LogP contribution in [0.25, 0.3) is 0 Å². The van der Waals surface area contributed by atoms with Crippen molar-refractivity contribution < 1.29 is 27.0 Å². The Hall–Kier alpha value is -1.01. The fourth-order valence-electron chi connectivity index (χ4n) is 1.21. The van der Waals surface area contributed by atoms with E-state index in [4.69, 9.17) is 16.3 Å². The number of hydrogen-bond acceptors (Lipinski definition) is 2. The molecule has 0 fully saturated rings. The lowest BCUT2D eigenvalue weighted by molar-refractivity contribution is -0.175. The Morgan fingerprint density at radius 1 is 1.17 bits per heavy atom. The maximum absolute atomic E-state index is 13.3. The number of ether oxygens (including phenoxy) is 2. The van der Waals surface area contributed by atoms with Crippen LogP contribution in [0.15, 0.2) is 18.2 Å². The van der Waals surface area contributed by atoms with Crippen LogP contribution in [0.3, 0.4) is 0 Å². The SMILES string of the molecule is Fc1cccc(CCl)c1OCCOCC(F)(F)F. The molecule has 1 aromatic rings. The van der Waals surface area contributed by atoms with Crippen molar-refractivity contribution in [3.8, 4) is 5.75 Å². The molecule has 0 aliphatic heterocycles. The van der Waals surface area contributed by atoms with Crippen LogP contribution in [0.2, 0.25) is 0 Å².